The first-order valence-corrected chi connectivity index (χ1v) is 12.2. The third-order valence-electron chi connectivity index (χ3n) is 4.85. The molecular formula is C21H23N6O8P. The van der Waals surface area contributed by atoms with Gasteiger partial charge in [0.25, 0.3) is 5.56 Å². The minimum absolute atomic E-state index is 0.0555. The van der Waals surface area contributed by atoms with E-state index in [9.17, 15) is 14.2 Å². The lowest BCUT2D eigenvalue weighted by Gasteiger charge is -2.23. The van der Waals surface area contributed by atoms with Crippen molar-refractivity contribution in [2.75, 3.05) is 25.6 Å². The second-order valence-corrected chi connectivity index (χ2v) is 9.18. The van der Waals surface area contributed by atoms with Crippen LogP contribution in [0.4, 0.5) is 5.95 Å². The van der Waals surface area contributed by atoms with Crippen molar-refractivity contribution < 1.29 is 32.6 Å². The second kappa shape index (κ2) is 10.9. The second-order valence-electron chi connectivity index (χ2n) is 7.49. The molecule has 1 fully saturated rings. The van der Waals surface area contributed by atoms with E-state index in [0.717, 1.165) is 0 Å². The van der Waals surface area contributed by atoms with E-state index in [2.05, 4.69) is 26.0 Å². The third-order valence-corrected chi connectivity index (χ3v) is 6.49. The summed E-state index contributed by atoms with van der Waals surface area (Å²) in [6.07, 6.45) is 4.80. The highest BCUT2D eigenvalue weighted by atomic mass is 31.2. The molecule has 1 aliphatic heterocycles. The van der Waals surface area contributed by atoms with Gasteiger partial charge in [-0.15, -0.1) is 6.42 Å². The van der Waals surface area contributed by atoms with Crippen molar-refractivity contribution in [1.29, 1.82) is 0 Å². The molecule has 36 heavy (non-hydrogen) atoms. The fraction of sp³-hybridized carbons (Fsp3) is 0.333. The lowest BCUT2D eigenvalue weighted by atomic mass is 10.3. The summed E-state index contributed by atoms with van der Waals surface area (Å²) >= 11 is 0. The van der Waals surface area contributed by atoms with Gasteiger partial charge in [-0.1, -0.05) is 24.1 Å². The number of carbonyl (C=O) groups is 1. The van der Waals surface area contributed by atoms with Gasteiger partial charge < -0.3 is 24.5 Å². The topological polar surface area (TPSA) is 182 Å². The molecule has 0 saturated carbocycles. The van der Waals surface area contributed by atoms with Gasteiger partial charge in [-0.3, -0.25) is 23.7 Å². The predicted octanol–water partition coefficient (Wildman–Crippen LogP) is 0.931. The van der Waals surface area contributed by atoms with E-state index < -0.39 is 37.8 Å². The first kappa shape index (κ1) is 25.4. The van der Waals surface area contributed by atoms with Crippen molar-refractivity contribution in [3.8, 4) is 18.1 Å². The number of fused-ring (bicyclic) bond motifs is 1. The molecule has 1 aromatic carbocycles. The number of anilines is 1. The number of aromatic amines is 1. The van der Waals surface area contributed by atoms with Crippen LogP contribution >= 0.6 is 7.75 Å². The first-order valence-electron chi connectivity index (χ1n) is 10.6. The van der Waals surface area contributed by atoms with Crippen LogP contribution in [-0.2, 0) is 28.1 Å². The number of carbonyl (C=O) groups excluding carboxylic acids is 1. The molecule has 14 nitrogen and oxygen atoms in total. The Balaban J connectivity index is 1.44. The van der Waals surface area contributed by atoms with Crippen LogP contribution in [0.5, 0.6) is 5.75 Å². The molecule has 0 radical (unpaired) electrons. The molecule has 3 heterocycles. The number of benzene rings is 1. The predicted molar refractivity (Wildman–Crippen MR) is 125 cm³/mol. The molecule has 1 saturated heterocycles. The number of nitrogens with two attached hydrogens (primary N) is 1. The summed E-state index contributed by atoms with van der Waals surface area (Å²) in [6, 6.07) is 7.18. The molecule has 15 heteroatoms. The van der Waals surface area contributed by atoms with Crippen LogP contribution in [0.15, 0.2) is 41.5 Å². The summed E-state index contributed by atoms with van der Waals surface area (Å²) in [5.74, 6) is 1.60. The van der Waals surface area contributed by atoms with Crippen LogP contribution in [-0.4, -0.2) is 57.6 Å². The maximum absolute atomic E-state index is 13.5. The number of para-hydroxylation sites is 1. The maximum Gasteiger partial charge on any atom is 0.459 e. The number of nitrogen functional groups attached to an aromatic ring is 1. The monoisotopic (exact) mass is 518 g/mol. The van der Waals surface area contributed by atoms with Crippen molar-refractivity contribution in [2.24, 2.45) is 0 Å². The molecule has 4 N–H and O–H groups in total. The minimum atomic E-state index is -4.12. The number of terminal acetylenes is 1. The summed E-state index contributed by atoms with van der Waals surface area (Å²) in [4.78, 5) is 34.6. The number of nitrogens with one attached hydrogen (secondary N) is 2. The van der Waals surface area contributed by atoms with E-state index in [0.29, 0.717) is 0 Å². The molecule has 0 aliphatic carbocycles. The van der Waals surface area contributed by atoms with Gasteiger partial charge >= 0.3 is 13.7 Å². The van der Waals surface area contributed by atoms with Gasteiger partial charge in [-0.05, 0) is 19.1 Å². The van der Waals surface area contributed by atoms with Crippen molar-refractivity contribution in [1.82, 2.24) is 24.6 Å². The van der Waals surface area contributed by atoms with Crippen molar-refractivity contribution >= 4 is 30.8 Å². The average Bonchev–Trinajstić information content (AvgIpc) is 3.49. The number of imidazole rings is 1. The van der Waals surface area contributed by atoms with Gasteiger partial charge in [0.1, 0.15) is 18.4 Å². The number of hydrogen-bond acceptors (Lipinski definition) is 11. The van der Waals surface area contributed by atoms with E-state index >= 15 is 0 Å². The largest absolute Gasteiger partial charge is 0.459 e. The Morgan fingerprint density at radius 3 is 2.97 bits per heavy atom. The zero-order valence-electron chi connectivity index (χ0n) is 19.0. The van der Waals surface area contributed by atoms with Crippen LogP contribution in [0, 0.1) is 12.3 Å². The fourth-order valence-corrected chi connectivity index (χ4v) is 4.70. The molecule has 2 aromatic heterocycles. The number of hydrogen-bond donors (Lipinski definition) is 3. The smallest absolute Gasteiger partial charge is 0.451 e. The minimum Gasteiger partial charge on any atom is -0.451 e. The molecule has 4 atom stereocenters. The number of rotatable bonds is 10. The molecular weight excluding hydrogens is 495 g/mol. The van der Waals surface area contributed by atoms with E-state index in [1.807, 2.05) is 0 Å². The lowest BCUT2D eigenvalue weighted by molar-refractivity contribution is -0.143. The van der Waals surface area contributed by atoms with Crippen molar-refractivity contribution in [2.45, 2.75) is 25.5 Å². The number of aromatic nitrogens is 4. The molecule has 4 rings (SSSR count). The molecule has 0 spiro atoms. The van der Waals surface area contributed by atoms with E-state index in [1.54, 1.807) is 30.3 Å². The number of ether oxygens (including phenoxy) is 3. The van der Waals surface area contributed by atoms with Gasteiger partial charge in [0, 0.05) is 0 Å². The van der Waals surface area contributed by atoms with Gasteiger partial charge in [-0.2, -0.15) is 10.1 Å². The molecule has 0 bridgehead atoms. The normalized spacial score (nSPS) is 19.9. The molecule has 3 aromatic rings. The molecule has 1 aliphatic rings. The number of H-pyrrole nitrogens is 1. The Labute approximate surface area is 204 Å². The Morgan fingerprint density at radius 2 is 2.22 bits per heavy atom. The number of esters is 1. The zero-order valence-corrected chi connectivity index (χ0v) is 19.9. The van der Waals surface area contributed by atoms with Crippen LogP contribution in [0.1, 0.15) is 13.2 Å². The molecule has 190 valence electrons. The molecule has 1 unspecified atom stereocenters. The first-order chi connectivity index (χ1) is 17.3. The van der Waals surface area contributed by atoms with Crippen LogP contribution in [0.25, 0.3) is 11.2 Å². The van der Waals surface area contributed by atoms with Crippen LogP contribution < -0.4 is 20.9 Å². The summed E-state index contributed by atoms with van der Waals surface area (Å²) in [5, 5.41) is 2.53. The van der Waals surface area contributed by atoms with Gasteiger partial charge in [0.05, 0.1) is 12.9 Å². The quantitative estimate of drug-likeness (QED) is 0.196. The standard InChI is InChI=1S/C21H23N6O8P/c1-3-9-31-20(29)13(2)26-36(30,35-14-7-5-4-6-8-14)33-11-16-32-10-15(34-16)27-12-23-17-18(27)24-21(22)25-19(17)28/h1,4-8,12-13,15-16H,9-11H2,2H3,(H,26,30)(H3,22,24,25,28)/t13-,15+,16+,36?/m0/s1. The van der Waals surface area contributed by atoms with E-state index in [-0.39, 0.29) is 42.7 Å². The van der Waals surface area contributed by atoms with E-state index in [4.69, 9.17) is 35.4 Å². The van der Waals surface area contributed by atoms with Gasteiger partial charge in [0.2, 0.25) is 5.95 Å². The summed E-state index contributed by atoms with van der Waals surface area (Å²) in [5.41, 5.74) is 5.44. The summed E-state index contributed by atoms with van der Waals surface area (Å²) in [7, 11) is -4.12. The fourth-order valence-electron chi connectivity index (χ4n) is 3.23. The molecule has 0 amide bonds. The summed E-state index contributed by atoms with van der Waals surface area (Å²) < 4.78 is 42.4. The highest BCUT2D eigenvalue weighted by molar-refractivity contribution is 7.52. The Bertz CT molecular complexity index is 1370. The van der Waals surface area contributed by atoms with Crippen molar-refractivity contribution in [3.05, 3.63) is 47.0 Å². The Kier molecular flexibility index (Phi) is 7.68. The van der Waals surface area contributed by atoms with Crippen LogP contribution in [0.3, 0.4) is 0 Å². The SMILES string of the molecule is C#CCOC(=O)[C@H](C)NP(=O)(OC[C@@H]1OC[C@H](n2cnc3c(=O)[nH]c(N)nc32)O1)Oc1ccccc1. The van der Waals surface area contributed by atoms with Gasteiger partial charge in [-0.25, -0.2) is 9.55 Å². The Morgan fingerprint density at radius 1 is 1.44 bits per heavy atom. The summed E-state index contributed by atoms with van der Waals surface area (Å²) in [6.45, 7) is 0.908. The zero-order chi connectivity index (χ0) is 25.7. The third kappa shape index (κ3) is 5.91. The lowest BCUT2D eigenvalue weighted by Crippen LogP contribution is -2.35. The van der Waals surface area contributed by atoms with Crippen LogP contribution in [0.2, 0.25) is 0 Å². The Hall–Kier alpha value is -3.73. The maximum atomic E-state index is 13.5. The highest BCUT2D eigenvalue weighted by Crippen LogP contribution is 2.45. The van der Waals surface area contributed by atoms with E-state index in [1.165, 1.54) is 17.8 Å². The highest BCUT2D eigenvalue weighted by Gasteiger charge is 2.36. The van der Waals surface area contributed by atoms with Crippen molar-refractivity contribution in [3.63, 3.8) is 0 Å². The average molecular weight is 518 g/mol. The number of nitrogens with zero attached hydrogens (tertiary/aromatic N) is 3. The van der Waals surface area contributed by atoms with Gasteiger partial charge in [0.15, 0.2) is 30.3 Å².